The van der Waals surface area contributed by atoms with Crippen molar-refractivity contribution in [3.8, 4) is 0 Å². The van der Waals surface area contributed by atoms with E-state index < -0.39 is 27.8 Å². The molecule has 0 fully saturated rings. The molecule has 1 N–H and O–H groups in total. The number of esters is 1. The van der Waals surface area contributed by atoms with Crippen LogP contribution in [0.2, 0.25) is 0 Å². The molecule has 0 aliphatic carbocycles. The summed E-state index contributed by atoms with van der Waals surface area (Å²) in [5.74, 6) is -1.36. The first-order valence-corrected chi connectivity index (χ1v) is 9.28. The summed E-state index contributed by atoms with van der Waals surface area (Å²) in [7, 11) is -3.21. The Labute approximate surface area is 139 Å². The molecule has 1 aromatic heterocycles. The number of carbonyl (C=O) groups excluding carboxylic acids is 2. The molecule has 1 aromatic carbocycles. The predicted octanol–water partition coefficient (Wildman–Crippen LogP) is 2.23. The lowest BCUT2D eigenvalue weighted by Crippen LogP contribution is -2.25. The SMILES string of the molecule is CC(OC(=O)CC1C=CS(=O)(=O)C1)C(=O)c1c[nH]c2ccccc12. The summed E-state index contributed by atoms with van der Waals surface area (Å²) in [6.07, 6.45) is 2.10. The Morgan fingerprint density at radius 2 is 2.08 bits per heavy atom. The highest BCUT2D eigenvalue weighted by Gasteiger charge is 2.27. The fourth-order valence-electron chi connectivity index (χ4n) is 2.77. The van der Waals surface area contributed by atoms with E-state index in [4.69, 9.17) is 4.74 Å². The number of allylic oxidation sites excluding steroid dienone is 1. The summed E-state index contributed by atoms with van der Waals surface area (Å²) in [6, 6.07) is 7.37. The summed E-state index contributed by atoms with van der Waals surface area (Å²) in [5, 5.41) is 1.89. The summed E-state index contributed by atoms with van der Waals surface area (Å²) in [5.41, 5.74) is 1.30. The maximum Gasteiger partial charge on any atom is 0.307 e. The molecule has 0 radical (unpaired) electrons. The van der Waals surface area contributed by atoms with Gasteiger partial charge in [-0.05, 0) is 13.0 Å². The van der Waals surface area contributed by atoms with Gasteiger partial charge in [-0.2, -0.15) is 0 Å². The van der Waals surface area contributed by atoms with Crippen LogP contribution in [-0.2, 0) is 19.4 Å². The molecule has 2 heterocycles. The predicted molar refractivity (Wildman–Crippen MR) is 89.2 cm³/mol. The zero-order valence-corrected chi connectivity index (χ0v) is 13.9. The molecule has 2 atom stereocenters. The number of ether oxygens (including phenoxy) is 1. The van der Waals surface area contributed by atoms with E-state index >= 15 is 0 Å². The van der Waals surface area contributed by atoms with Crippen molar-refractivity contribution in [2.75, 3.05) is 5.75 Å². The van der Waals surface area contributed by atoms with Gasteiger partial charge in [0.15, 0.2) is 15.9 Å². The molecule has 0 spiro atoms. The number of hydrogen-bond donors (Lipinski definition) is 1. The summed E-state index contributed by atoms with van der Waals surface area (Å²) in [6.45, 7) is 1.52. The number of benzene rings is 1. The lowest BCUT2D eigenvalue weighted by atomic mass is 10.1. The molecule has 2 aromatic rings. The van der Waals surface area contributed by atoms with Crippen LogP contribution in [0.1, 0.15) is 23.7 Å². The lowest BCUT2D eigenvalue weighted by Gasteiger charge is -2.13. The van der Waals surface area contributed by atoms with E-state index in [0.29, 0.717) is 5.56 Å². The van der Waals surface area contributed by atoms with Crippen LogP contribution < -0.4 is 0 Å². The van der Waals surface area contributed by atoms with Gasteiger partial charge < -0.3 is 9.72 Å². The van der Waals surface area contributed by atoms with Gasteiger partial charge in [0, 0.05) is 34.0 Å². The van der Waals surface area contributed by atoms with Gasteiger partial charge in [-0.1, -0.05) is 24.3 Å². The molecule has 126 valence electrons. The van der Waals surface area contributed by atoms with Crippen molar-refractivity contribution in [2.45, 2.75) is 19.4 Å². The molecule has 0 saturated heterocycles. The average molecular weight is 347 g/mol. The van der Waals surface area contributed by atoms with Crippen LogP contribution in [0, 0.1) is 5.92 Å². The van der Waals surface area contributed by atoms with Crippen LogP contribution in [0.4, 0.5) is 0 Å². The number of fused-ring (bicyclic) bond motifs is 1. The van der Waals surface area contributed by atoms with Crippen LogP contribution in [0.5, 0.6) is 0 Å². The summed E-state index contributed by atoms with van der Waals surface area (Å²) >= 11 is 0. The topological polar surface area (TPSA) is 93.3 Å². The quantitative estimate of drug-likeness (QED) is 0.661. The van der Waals surface area contributed by atoms with Gasteiger partial charge in [0.1, 0.15) is 0 Å². The van der Waals surface area contributed by atoms with Crippen LogP contribution in [0.25, 0.3) is 10.9 Å². The van der Waals surface area contributed by atoms with E-state index in [0.717, 1.165) is 16.3 Å². The molecule has 0 amide bonds. The highest BCUT2D eigenvalue weighted by molar-refractivity contribution is 7.94. The van der Waals surface area contributed by atoms with E-state index in [1.807, 2.05) is 24.3 Å². The average Bonchev–Trinajstić information content (AvgIpc) is 3.09. The number of nitrogens with one attached hydrogen (secondary N) is 1. The number of ketones is 1. The van der Waals surface area contributed by atoms with E-state index in [-0.39, 0.29) is 18.0 Å². The Morgan fingerprint density at radius 1 is 1.33 bits per heavy atom. The highest BCUT2D eigenvalue weighted by Crippen LogP contribution is 2.22. The highest BCUT2D eigenvalue weighted by atomic mass is 32.2. The number of aromatic nitrogens is 1. The Bertz CT molecular complexity index is 925. The molecule has 3 rings (SSSR count). The maximum absolute atomic E-state index is 12.5. The van der Waals surface area contributed by atoms with Crippen LogP contribution in [0.15, 0.2) is 41.9 Å². The Balaban J connectivity index is 1.64. The van der Waals surface area contributed by atoms with Gasteiger partial charge in [0.05, 0.1) is 12.2 Å². The van der Waals surface area contributed by atoms with Crippen molar-refractivity contribution in [1.29, 1.82) is 0 Å². The van der Waals surface area contributed by atoms with Gasteiger partial charge in [-0.3, -0.25) is 9.59 Å². The number of sulfone groups is 1. The smallest absolute Gasteiger partial charge is 0.307 e. The largest absolute Gasteiger partial charge is 0.454 e. The number of carbonyl (C=O) groups is 2. The summed E-state index contributed by atoms with van der Waals surface area (Å²) < 4.78 is 27.9. The fraction of sp³-hybridized carbons (Fsp3) is 0.294. The minimum atomic E-state index is -3.21. The van der Waals surface area contributed by atoms with Crippen molar-refractivity contribution >= 4 is 32.5 Å². The van der Waals surface area contributed by atoms with E-state index in [1.54, 1.807) is 6.20 Å². The van der Waals surface area contributed by atoms with E-state index in [2.05, 4.69) is 4.98 Å². The molecular weight excluding hydrogens is 330 g/mol. The Morgan fingerprint density at radius 3 is 2.79 bits per heavy atom. The van der Waals surface area contributed by atoms with Crippen molar-refractivity contribution < 1.29 is 22.7 Å². The number of Topliss-reactive ketones (excluding diaryl/α,β-unsaturated/α-hetero) is 1. The number of aromatic amines is 1. The first-order valence-electron chi connectivity index (χ1n) is 7.56. The van der Waals surface area contributed by atoms with Gasteiger partial charge >= 0.3 is 5.97 Å². The number of para-hydroxylation sites is 1. The van der Waals surface area contributed by atoms with Gasteiger partial charge in [-0.15, -0.1) is 0 Å². The summed E-state index contributed by atoms with van der Waals surface area (Å²) in [4.78, 5) is 27.4. The normalized spacial score (nSPS) is 20.1. The lowest BCUT2D eigenvalue weighted by molar-refractivity contribution is -0.146. The monoisotopic (exact) mass is 347 g/mol. The van der Waals surface area contributed by atoms with E-state index in [9.17, 15) is 18.0 Å². The first-order chi connectivity index (χ1) is 11.4. The number of hydrogen-bond acceptors (Lipinski definition) is 5. The minimum Gasteiger partial charge on any atom is -0.454 e. The third-order valence-electron chi connectivity index (χ3n) is 3.97. The Kier molecular flexibility index (Phi) is 4.28. The first kappa shape index (κ1) is 16.4. The Hall–Kier alpha value is -2.41. The molecule has 1 aliphatic heterocycles. The van der Waals surface area contributed by atoms with Crippen LogP contribution in [0.3, 0.4) is 0 Å². The second kappa shape index (κ2) is 6.24. The molecule has 24 heavy (non-hydrogen) atoms. The zero-order chi connectivity index (χ0) is 17.3. The van der Waals surface area contributed by atoms with Gasteiger partial charge in [0.2, 0.25) is 5.78 Å². The third-order valence-corrected chi connectivity index (χ3v) is 5.43. The molecule has 1 aliphatic rings. The third kappa shape index (κ3) is 3.41. The van der Waals surface area contributed by atoms with Crippen molar-refractivity contribution in [2.24, 2.45) is 5.92 Å². The molecule has 2 unspecified atom stereocenters. The fourth-order valence-corrected chi connectivity index (χ4v) is 4.17. The van der Waals surface area contributed by atoms with Crippen molar-refractivity contribution in [1.82, 2.24) is 4.98 Å². The maximum atomic E-state index is 12.5. The molecule has 0 saturated carbocycles. The van der Waals surface area contributed by atoms with E-state index in [1.165, 1.54) is 13.0 Å². The second-order valence-electron chi connectivity index (χ2n) is 5.87. The minimum absolute atomic E-state index is 0.0543. The van der Waals surface area contributed by atoms with Gasteiger partial charge in [-0.25, -0.2) is 8.42 Å². The van der Waals surface area contributed by atoms with Crippen LogP contribution in [-0.4, -0.2) is 37.0 Å². The molecule has 7 heteroatoms. The zero-order valence-electron chi connectivity index (χ0n) is 13.1. The van der Waals surface area contributed by atoms with Crippen molar-refractivity contribution in [3.63, 3.8) is 0 Å². The molecule has 6 nitrogen and oxygen atoms in total. The second-order valence-corrected chi connectivity index (χ2v) is 7.80. The number of H-pyrrole nitrogens is 1. The van der Waals surface area contributed by atoms with Crippen molar-refractivity contribution in [3.05, 3.63) is 47.5 Å². The molecular formula is C17H17NO5S. The number of rotatable bonds is 5. The standard InChI is InChI=1S/C17H17NO5S/c1-11(23-16(19)8-12-6-7-24(21,22)10-12)17(20)14-9-18-15-5-3-2-4-13(14)15/h2-7,9,11-12,18H,8,10H2,1H3. The molecule has 0 bridgehead atoms. The van der Waals surface area contributed by atoms with Crippen LogP contribution >= 0.6 is 0 Å². The van der Waals surface area contributed by atoms with Gasteiger partial charge in [0.25, 0.3) is 0 Å².